The Bertz CT molecular complexity index is 951. The molecule has 0 spiro atoms. The van der Waals surface area contributed by atoms with Crippen LogP contribution in [0.2, 0.25) is 0 Å². The number of benzene rings is 1. The van der Waals surface area contributed by atoms with Gasteiger partial charge in [0.15, 0.2) is 0 Å². The van der Waals surface area contributed by atoms with Crippen LogP contribution in [0.25, 0.3) is 0 Å². The number of rotatable bonds is 7. The minimum absolute atomic E-state index is 0.0660. The van der Waals surface area contributed by atoms with Gasteiger partial charge < -0.3 is 19.9 Å². The molecule has 1 aliphatic heterocycles. The summed E-state index contributed by atoms with van der Waals surface area (Å²) in [6.45, 7) is 2.65. The van der Waals surface area contributed by atoms with Crippen LogP contribution in [0.3, 0.4) is 0 Å². The molecule has 1 amide bonds. The van der Waals surface area contributed by atoms with Crippen LogP contribution < -0.4 is 15.4 Å². The first-order chi connectivity index (χ1) is 16.2. The molecule has 4 saturated carbocycles. The Morgan fingerprint density at radius 1 is 1.09 bits per heavy atom. The zero-order valence-electron chi connectivity index (χ0n) is 19.1. The van der Waals surface area contributed by atoms with Crippen molar-refractivity contribution < 1.29 is 14.1 Å². The van der Waals surface area contributed by atoms with Gasteiger partial charge >= 0.3 is 0 Å². The van der Waals surface area contributed by atoms with Gasteiger partial charge in [-0.2, -0.15) is 0 Å². The van der Waals surface area contributed by atoms with E-state index in [1.54, 1.807) is 0 Å². The summed E-state index contributed by atoms with van der Waals surface area (Å²) in [7, 11) is 0. The van der Waals surface area contributed by atoms with Gasteiger partial charge in [-0.05, 0) is 105 Å². The molecular weight excluding hydrogens is 434 g/mol. The molecule has 1 aromatic heterocycles. The molecule has 0 radical (unpaired) electrons. The molecule has 1 aromatic carbocycles. The van der Waals surface area contributed by atoms with Gasteiger partial charge in [0.1, 0.15) is 4.90 Å². The molecule has 33 heavy (non-hydrogen) atoms. The molecule has 2 N–H and O–H groups in total. The van der Waals surface area contributed by atoms with Crippen molar-refractivity contribution in [2.45, 2.75) is 66.7 Å². The predicted molar refractivity (Wildman–Crippen MR) is 127 cm³/mol. The standard InChI is InChI=1S/C26H33N3O3S/c30-24(28-26-13-18-10-19(14-26)12-20(11-18)15-26)22-23(33-21-4-2-1-3-5-21)25(29-32-22)31-16-17-6-8-27-9-7-17/h1-5,17-20,27H,6-16H2,(H,28,30). The lowest BCUT2D eigenvalue weighted by Gasteiger charge is -2.56. The van der Waals surface area contributed by atoms with E-state index in [1.807, 2.05) is 30.3 Å². The molecule has 7 heteroatoms. The topological polar surface area (TPSA) is 76.4 Å². The number of nitrogens with one attached hydrogen (secondary N) is 2. The highest BCUT2D eigenvalue weighted by Crippen LogP contribution is 2.55. The van der Waals surface area contributed by atoms with Gasteiger partial charge in [0, 0.05) is 10.4 Å². The molecule has 5 aliphatic rings. The van der Waals surface area contributed by atoms with E-state index in [-0.39, 0.29) is 11.4 Å². The highest BCUT2D eigenvalue weighted by atomic mass is 32.2. The van der Waals surface area contributed by atoms with Gasteiger partial charge in [0.05, 0.1) is 6.61 Å². The van der Waals surface area contributed by atoms with Crippen LogP contribution in [0.5, 0.6) is 5.88 Å². The Labute approximate surface area is 199 Å². The maximum Gasteiger partial charge on any atom is 0.291 e. The molecule has 4 aliphatic carbocycles. The monoisotopic (exact) mass is 467 g/mol. The molecule has 1 saturated heterocycles. The van der Waals surface area contributed by atoms with Gasteiger partial charge in [-0.1, -0.05) is 30.0 Å². The van der Waals surface area contributed by atoms with Crippen molar-refractivity contribution in [1.82, 2.24) is 15.8 Å². The van der Waals surface area contributed by atoms with Crippen molar-refractivity contribution in [3.8, 4) is 5.88 Å². The van der Waals surface area contributed by atoms with Gasteiger partial charge in [0.25, 0.3) is 11.8 Å². The highest BCUT2D eigenvalue weighted by molar-refractivity contribution is 7.99. The van der Waals surface area contributed by atoms with E-state index in [9.17, 15) is 4.79 Å². The quantitative estimate of drug-likeness (QED) is 0.603. The lowest BCUT2D eigenvalue weighted by atomic mass is 9.53. The summed E-state index contributed by atoms with van der Waals surface area (Å²) in [5, 5.41) is 11.0. The lowest BCUT2D eigenvalue weighted by Crippen LogP contribution is -2.59. The van der Waals surface area contributed by atoms with Crippen LogP contribution in [-0.4, -0.2) is 36.3 Å². The SMILES string of the molecule is O=C(NC12CC3CC(CC(C3)C1)C2)c1onc(OCC2CCNCC2)c1Sc1ccccc1. The van der Waals surface area contributed by atoms with E-state index in [2.05, 4.69) is 15.8 Å². The van der Waals surface area contributed by atoms with Crippen molar-refractivity contribution in [2.75, 3.05) is 19.7 Å². The molecule has 0 unspecified atom stereocenters. The fraction of sp³-hybridized carbons (Fsp3) is 0.615. The van der Waals surface area contributed by atoms with Gasteiger partial charge in [0.2, 0.25) is 5.76 Å². The number of amides is 1. The number of carbonyl (C=O) groups excluding carboxylic acids is 1. The third-order valence-electron chi connectivity index (χ3n) is 8.12. The Balaban J connectivity index is 1.22. The van der Waals surface area contributed by atoms with Gasteiger partial charge in [-0.3, -0.25) is 4.79 Å². The summed E-state index contributed by atoms with van der Waals surface area (Å²) >= 11 is 1.50. The van der Waals surface area contributed by atoms with E-state index >= 15 is 0 Å². The predicted octanol–water partition coefficient (Wildman–Crippen LogP) is 4.90. The second-order valence-electron chi connectivity index (χ2n) is 10.7. The first kappa shape index (κ1) is 21.5. The number of hydrogen-bond acceptors (Lipinski definition) is 6. The first-order valence-electron chi connectivity index (χ1n) is 12.5. The Hall–Kier alpha value is -1.99. The molecule has 2 aromatic rings. The van der Waals surface area contributed by atoms with Crippen LogP contribution in [0.15, 0.2) is 44.6 Å². The summed E-state index contributed by atoms with van der Waals surface area (Å²) in [5.41, 5.74) is -0.0660. The Morgan fingerprint density at radius 3 is 2.42 bits per heavy atom. The number of carbonyl (C=O) groups is 1. The second kappa shape index (κ2) is 8.99. The second-order valence-corrected chi connectivity index (χ2v) is 11.8. The third kappa shape index (κ3) is 4.54. The van der Waals surface area contributed by atoms with E-state index in [0.717, 1.165) is 67.8 Å². The molecular formula is C26H33N3O3S. The van der Waals surface area contributed by atoms with E-state index in [1.165, 1.54) is 31.0 Å². The highest BCUT2D eigenvalue weighted by Gasteiger charge is 2.52. The van der Waals surface area contributed by atoms with Crippen molar-refractivity contribution >= 4 is 17.7 Å². The molecule has 5 fully saturated rings. The molecule has 176 valence electrons. The maximum atomic E-state index is 13.5. The van der Waals surface area contributed by atoms with Crippen molar-refractivity contribution in [1.29, 1.82) is 0 Å². The number of piperidine rings is 1. The first-order valence-corrected chi connectivity index (χ1v) is 13.4. The van der Waals surface area contributed by atoms with E-state index < -0.39 is 0 Å². The summed E-state index contributed by atoms with van der Waals surface area (Å²) in [4.78, 5) is 15.3. The van der Waals surface area contributed by atoms with E-state index in [4.69, 9.17) is 9.26 Å². The molecule has 0 atom stereocenters. The average Bonchev–Trinajstić information content (AvgIpc) is 3.20. The largest absolute Gasteiger partial charge is 0.474 e. The van der Waals surface area contributed by atoms with Gasteiger partial charge in [-0.15, -0.1) is 0 Å². The Morgan fingerprint density at radius 2 is 1.76 bits per heavy atom. The zero-order chi connectivity index (χ0) is 22.3. The molecule has 6 nitrogen and oxygen atoms in total. The number of hydrogen-bond donors (Lipinski definition) is 2. The van der Waals surface area contributed by atoms with Crippen LogP contribution in [-0.2, 0) is 0 Å². The average molecular weight is 468 g/mol. The minimum Gasteiger partial charge on any atom is -0.474 e. The van der Waals surface area contributed by atoms with E-state index in [0.29, 0.717) is 29.1 Å². The summed E-state index contributed by atoms with van der Waals surface area (Å²) in [5.74, 6) is 3.41. The van der Waals surface area contributed by atoms with Crippen LogP contribution in [0.4, 0.5) is 0 Å². The van der Waals surface area contributed by atoms with Crippen molar-refractivity contribution in [3.05, 3.63) is 36.1 Å². The van der Waals surface area contributed by atoms with Crippen LogP contribution in [0, 0.1) is 23.7 Å². The minimum atomic E-state index is -0.139. The van der Waals surface area contributed by atoms with Crippen molar-refractivity contribution in [3.63, 3.8) is 0 Å². The fourth-order valence-corrected chi connectivity index (χ4v) is 7.94. The van der Waals surface area contributed by atoms with Crippen LogP contribution in [0.1, 0.15) is 61.9 Å². The number of nitrogens with zero attached hydrogens (tertiary/aromatic N) is 1. The summed E-state index contributed by atoms with van der Waals surface area (Å²) < 4.78 is 11.8. The third-order valence-corrected chi connectivity index (χ3v) is 9.19. The number of aromatic nitrogens is 1. The van der Waals surface area contributed by atoms with Gasteiger partial charge in [-0.25, -0.2) is 0 Å². The van der Waals surface area contributed by atoms with Crippen LogP contribution >= 0.6 is 11.8 Å². The Kier molecular flexibility index (Phi) is 5.87. The molecule has 4 bridgehead atoms. The molecule has 2 heterocycles. The smallest absolute Gasteiger partial charge is 0.291 e. The molecule has 7 rings (SSSR count). The zero-order valence-corrected chi connectivity index (χ0v) is 19.9. The number of ether oxygens (including phenoxy) is 1. The fourth-order valence-electron chi connectivity index (χ4n) is 7.01. The maximum absolute atomic E-state index is 13.5. The van der Waals surface area contributed by atoms with Crippen molar-refractivity contribution in [2.24, 2.45) is 23.7 Å². The lowest BCUT2D eigenvalue weighted by molar-refractivity contribution is -0.0173. The summed E-state index contributed by atoms with van der Waals surface area (Å²) in [6.07, 6.45) is 9.57. The normalized spacial score (nSPS) is 31.0. The summed E-state index contributed by atoms with van der Waals surface area (Å²) in [6, 6.07) is 10.1.